The first-order valence-corrected chi connectivity index (χ1v) is 11.2. The van der Waals surface area contributed by atoms with Crippen molar-refractivity contribution in [2.24, 2.45) is 0 Å². The maximum atomic E-state index is 12.6. The average Bonchev–Trinajstić information content (AvgIpc) is 3.39. The molecule has 162 valence electrons. The molecule has 1 atom stereocenters. The standard InChI is InChI=1S/C23H26ClN5O2/c24-17-4-5-21-27-20(16-29(21)14-17)22(30)26-13-19-6-7-23(31-19)8-11-28(12-9-23)15-18-3-1-2-10-25-18/h1-5,10,14,16,19H,6-9,11-13,15H2,(H,26,30). The molecule has 3 aromatic rings. The highest BCUT2D eigenvalue weighted by Gasteiger charge is 2.42. The van der Waals surface area contributed by atoms with Gasteiger partial charge in [0.05, 0.1) is 22.4 Å². The van der Waals surface area contributed by atoms with Crippen LogP contribution in [0.4, 0.5) is 0 Å². The summed E-state index contributed by atoms with van der Waals surface area (Å²) >= 11 is 6.00. The van der Waals surface area contributed by atoms with E-state index in [4.69, 9.17) is 16.3 Å². The number of pyridine rings is 2. The Morgan fingerprint density at radius 1 is 1.19 bits per heavy atom. The third-order valence-corrected chi connectivity index (χ3v) is 6.58. The van der Waals surface area contributed by atoms with Gasteiger partial charge < -0.3 is 14.5 Å². The van der Waals surface area contributed by atoms with E-state index in [1.807, 2.05) is 18.3 Å². The number of likely N-dealkylation sites (tertiary alicyclic amines) is 1. The Balaban J connectivity index is 1.11. The zero-order valence-corrected chi connectivity index (χ0v) is 18.1. The predicted octanol–water partition coefficient (Wildman–Crippen LogP) is 3.33. The zero-order chi connectivity index (χ0) is 21.3. The number of aromatic nitrogens is 3. The van der Waals surface area contributed by atoms with E-state index in [0.717, 1.165) is 51.0 Å². The lowest BCUT2D eigenvalue weighted by molar-refractivity contribution is -0.0765. The number of piperidine rings is 1. The molecule has 2 saturated heterocycles. The number of amides is 1. The molecule has 0 aromatic carbocycles. The van der Waals surface area contributed by atoms with Crippen LogP contribution in [0.25, 0.3) is 5.65 Å². The fraction of sp³-hybridized carbons (Fsp3) is 0.435. The molecule has 2 aliphatic heterocycles. The van der Waals surface area contributed by atoms with Gasteiger partial charge in [-0.3, -0.25) is 14.7 Å². The molecule has 1 unspecified atom stereocenters. The highest BCUT2D eigenvalue weighted by molar-refractivity contribution is 6.30. The van der Waals surface area contributed by atoms with Crippen LogP contribution in [0.1, 0.15) is 41.9 Å². The van der Waals surface area contributed by atoms with Crippen molar-refractivity contribution in [1.82, 2.24) is 24.6 Å². The SMILES string of the molecule is O=C(NCC1CCC2(CCN(Cc3ccccn3)CC2)O1)c1cn2cc(Cl)ccc2n1. The van der Waals surface area contributed by atoms with Gasteiger partial charge >= 0.3 is 0 Å². The number of nitrogens with zero attached hydrogens (tertiary/aromatic N) is 4. The number of hydrogen-bond donors (Lipinski definition) is 1. The molecule has 1 amide bonds. The van der Waals surface area contributed by atoms with Crippen molar-refractivity contribution in [3.8, 4) is 0 Å². The molecule has 2 aliphatic rings. The number of imidazole rings is 1. The van der Waals surface area contributed by atoms with Crippen molar-refractivity contribution in [2.75, 3.05) is 19.6 Å². The molecular formula is C23H26ClN5O2. The normalized spacial score (nSPS) is 21.0. The summed E-state index contributed by atoms with van der Waals surface area (Å²) in [6.07, 6.45) is 9.42. The minimum Gasteiger partial charge on any atom is -0.370 e. The Bertz CT molecular complexity index is 1060. The number of nitrogens with one attached hydrogen (secondary N) is 1. The van der Waals surface area contributed by atoms with Crippen LogP contribution in [0.3, 0.4) is 0 Å². The summed E-state index contributed by atoms with van der Waals surface area (Å²) in [5, 5.41) is 3.59. The molecule has 0 aliphatic carbocycles. The van der Waals surface area contributed by atoms with Crippen molar-refractivity contribution < 1.29 is 9.53 Å². The van der Waals surface area contributed by atoms with Gasteiger partial charge in [-0.1, -0.05) is 17.7 Å². The molecule has 0 radical (unpaired) electrons. The molecule has 31 heavy (non-hydrogen) atoms. The van der Waals surface area contributed by atoms with Crippen molar-refractivity contribution in [3.63, 3.8) is 0 Å². The van der Waals surface area contributed by atoms with Crippen LogP contribution in [0.15, 0.2) is 48.9 Å². The topological polar surface area (TPSA) is 71.8 Å². The van der Waals surface area contributed by atoms with Gasteiger partial charge in [0.1, 0.15) is 11.3 Å². The smallest absolute Gasteiger partial charge is 0.271 e. The molecule has 8 heteroatoms. The lowest BCUT2D eigenvalue weighted by Gasteiger charge is -2.39. The largest absolute Gasteiger partial charge is 0.370 e. The minimum absolute atomic E-state index is 0.0458. The van der Waals surface area contributed by atoms with Gasteiger partial charge in [0.15, 0.2) is 0 Å². The van der Waals surface area contributed by atoms with Crippen LogP contribution in [0.2, 0.25) is 5.02 Å². The first-order valence-electron chi connectivity index (χ1n) is 10.8. The summed E-state index contributed by atoms with van der Waals surface area (Å²) in [6, 6.07) is 9.62. The number of hydrogen-bond acceptors (Lipinski definition) is 5. The first kappa shape index (κ1) is 20.4. The van der Waals surface area contributed by atoms with Crippen LogP contribution in [-0.2, 0) is 11.3 Å². The summed E-state index contributed by atoms with van der Waals surface area (Å²) < 4.78 is 8.21. The molecule has 7 nitrogen and oxygen atoms in total. The molecule has 5 heterocycles. The van der Waals surface area contributed by atoms with Gasteiger partial charge in [-0.2, -0.15) is 0 Å². The molecule has 0 bridgehead atoms. The first-order chi connectivity index (χ1) is 15.1. The highest BCUT2D eigenvalue weighted by Crippen LogP contribution is 2.39. The lowest BCUT2D eigenvalue weighted by Crippen LogP contribution is -2.45. The lowest BCUT2D eigenvalue weighted by atomic mass is 9.88. The monoisotopic (exact) mass is 439 g/mol. The molecule has 1 N–H and O–H groups in total. The van der Waals surface area contributed by atoms with Gasteiger partial charge in [0.25, 0.3) is 5.91 Å². The van der Waals surface area contributed by atoms with Crippen molar-refractivity contribution in [3.05, 3.63) is 65.3 Å². The van der Waals surface area contributed by atoms with Gasteiger partial charge in [0, 0.05) is 44.8 Å². The van der Waals surface area contributed by atoms with Crippen LogP contribution in [0.5, 0.6) is 0 Å². The van der Waals surface area contributed by atoms with Crippen LogP contribution >= 0.6 is 11.6 Å². The van der Waals surface area contributed by atoms with E-state index in [1.54, 1.807) is 28.9 Å². The van der Waals surface area contributed by atoms with E-state index in [9.17, 15) is 4.79 Å². The summed E-state index contributed by atoms with van der Waals surface area (Å²) in [4.78, 5) is 23.8. The van der Waals surface area contributed by atoms with Crippen LogP contribution in [0, 0.1) is 0 Å². The second-order valence-corrected chi connectivity index (χ2v) is 8.94. The Morgan fingerprint density at radius 2 is 2.06 bits per heavy atom. The number of carbonyl (C=O) groups is 1. The van der Waals surface area contributed by atoms with E-state index in [0.29, 0.717) is 22.9 Å². The minimum atomic E-state index is -0.186. The number of rotatable bonds is 5. The molecule has 1 spiro atoms. The van der Waals surface area contributed by atoms with Crippen molar-refractivity contribution in [1.29, 1.82) is 0 Å². The summed E-state index contributed by atoms with van der Waals surface area (Å²) in [7, 11) is 0. The van der Waals surface area contributed by atoms with Crippen LogP contribution < -0.4 is 5.32 Å². The van der Waals surface area contributed by atoms with E-state index in [2.05, 4.69) is 26.3 Å². The van der Waals surface area contributed by atoms with Gasteiger partial charge in [-0.05, 0) is 49.9 Å². The Kier molecular flexibility index (Phi) is 5.65. The number of halogens is 1. The van der Waals surface area contributed by atoms with Gasteiger partial charge in [-0.25, -0.2) is 4.98 Å². The van der Waals surface area contributed by atoms with Crippen molar-refractivity contribution >= 4 is 23.2 Å². The molecular weight excluding hydrogens is 414 g/mol. The van der Waals surface area contributed by atoms with Crippen LogP contribution in [-0.4, -0.2) is 56.5 Å². The summed E-state index contributed by atoms with van der Waals surface area (Å²) in [5.41, 5.74) is 2.15. The van der Waals surface area contributed by atoms with E-state index < -0.39 is 0 Å². The number of fused-ring (bicyclic) bond motifs is 1. The summed E-state index contributed by atoms with van der Waals surface area (Å²) in [6.45, 7) is 3.42. The average molecular weight is 440 g/mol. The third kappa shape index (κ3) is 4.59. The molecule has 5 rings (SSSR count). The second-order valence-electron chi connectivity index (χ2n) is 8.51. The summed E-state index contributed by atoms with van der Waals surface area (Å²) in [5.74, 6) is -0.186. The maximum absolute atomic E-state index is 12.6. The Morgan fingerprint density at radius 3 is 2.87 bits per heavy atom. The van der Waals surface area contributed by atoms with E-state index in [1.165, 1.54) is 0 Å². The highest BCUT2D eigenvalue weighted by atomic mass is 35.5. The molecule has 2 fully saturated rings. The fourth-order valence-corrected chi connectivity index (χ4v) is 4.79. The molecule has 0 saturated carbocycles. The number of carbonyl (C=O) groups excluding carboxylic acids is 1. The molecule has 3 aromatic heterocycles. The van der Waals surface area contributed by atoms with Gasteiger partial charge in [0.2, 0.25) is 0 Å². The maximum Gasteiger partial charge on any atom is 0.271 e. The second kappa shape index (κ2) is 8.57. The number of ether oxygens (including phenoxy) is 1. The van der Waals surface area contributed by atoms with E-state index >= 15 is 0 Å². The van der Waals surface area contributed by atoms with Gasteiger partial charge in [-0.15, -0.1) is 0 Å². The Labute approximate surface area is 186 Å². The van der Waals surface area contributed by atoms with E-state index in [-0.39, 0.29) is 17.6 Å². The fourth-order valence-electron chi connectivity index (χ4n) is 4.62. The van der Waals surface area contributed by atoms with Crippen molar-refractivity contribution in [2.45, 2.75) is 43.9 Å². The zero-order valence-electron chi connectivity index (χ0n) is 17.3. The Hall–Kier alpha value is -2.48. The third-order valence-electron chi connectivity index (χ3n) is 6.36. The quantitative estimate of drug-likeness (QED) is 0.660. The predicted molar refractivity (Wildman–Crippen MR) is 118 cm³/mol.